The van der Waals surface area contributed by atoms with Crippen LogP contribution in [0.4, 0.5) is 4.79 Å². The first-order valence-electron chi connectivity index (χ1n) is 11.9. The Balaban J connectivity index is 2.31. The van der Waals surface area contributed by atoms with Gasteiger partial charge < -0.3 is 20.1 Å². The molecule has 0 saturated heterocycles. The number of amides is 2. The third kappa shape index (κ3) is 6.11. The van der Waals surface area contributed by atoms with E-state index >= 15 is 0 Å². The van der Waals surface area contributed by atoms with Gasteiger partial charge in [-0.1, -0.05) is 61.8 Å². The van der Waals surface area contributed by atoms with E-state index in [-0.39, 0.29) is 47.4 Å². The quantitative estimate of drug-likeness (QED) is 0.384. The van der Waals surface area contributed by atoms with Crippen LogP contribution in [0, 0.1) is 5.92 Å². The van der Waals surface area contributed by atoms with Crippen LogP contribution in [0.25, 0.3) is 10.9 Å². The van der Waals surface area contributed by atoms with Gasteiger partial charge in [-0.25, -0.2) is 14.2 Å². The molecule has 1 aromatic heterocycles. The number of aromatic nitrogens is 1. The van der Waals surface area contributed by atoms with Crippen molar-refractivity contribution in [1.29, 1.82) is 0 Å². The number of nitrogens with one attached hydrogen (secondary N) is 1. The number of esters is 1. The number of hydrogen-bond acceptors (Lipinski definition) is 5. The van der Waals surface area contributed by atoms with Crippen molar-refractivity contribution in [2.75, 3.05) is 13.2 Å². The van der Waals surface area contributed by atoms with Gasteiger partial charge in [0.2, 0.25) is 11.8 Å². The monoisotopic (exact) mass is 527 g/mol. The maximum Gasteiger partial charge on any atom is 0.416 e. The summed E-state index contributed by atoms with van der Waals surface area (Å²) in [5.41, 5.74) is 0.653. The Kier molecular flexibility index (Phi) is 8.94. The minimum Gasteiger partial charge on any atom is -0.464 e. The van der Waals surface area contributed by atoms with Crippen LogP contribution < -0.4 is 5.32 Å². The largest absolute Gasteiger partial charge is 0.464 e. The third-order valence-corrected chi connectivity index (χ3v) is 5.97. The van der Waals surface area contributed by atoms with Crippen molar-refractivity contribution in [1.82, 2.24) is 14.8 Å². The average Bonchev–Trinajstić information content (AvgIpc) is 3.17. The topological polar surface area (TPSA) is 118 Å². The van der Waals surface area contributed by atoms with Gasteiger partial charge in [0, 0.05) is 36.0 Å². The van der Waals surface area contributed by atoms with Gasteiger partial charge in [-0.3, -0.25) is 9.59 Å². The first-order valence-corrected chi connectivity index (χ1v) is 12.3. The molecule has 0 spiro atoms. The van der Waals surface area contributed by atoms with Crippen LogP contribution >= 0.6 is 11.6 Å². The Morgan fingerprint density at radius 3 is 2.35 bits per heavy atom. The molecule has 1 atom stereocenters. The number of carbonyl (C=O) groups excluding carboxylic acids is 3. The number of carbonyl (C=O) groups is 4. The maximum absolute atomic E-state index is 13.8. The van der Waals surface area contributed by atoms with Crippen molar-refractivity contribution in [3.8, 4) is 0 Å². The fraction of sp³-hybridized carbons (Fsp3) is 0.333. The molecule has 0 bridgehead atoms. The maximum atomic E-state index is 13.8. The first kappa shape index (κ1) is 27.7. The predicted octanol–water partition coefficient (Wildman–Crippen LogP) is 4.86. The zero-order valence-electron chi connectivity index (χ0n) is 21.2. The fourth-order valence-corrected chi connectivity index (χ4v) is 4.45. The summed E-state index contributed by atoms with van der Waals surface area (Å²) in [6.45, 7) is 7.04. The molecular weight excluding hydrogens is 498 g/mol. The molecule has 2 N–H and O–H groups in total. The molecule has 9 nitrogen and oxygen atoms in total. The van der Waals surface area contributed by atoms with Crippen molar-refractivity contribution in [2.24, 2.45) is 5.92 Å². The van der Waals surface area contributed by atoms with E-state index in [0.29, 0.717) is 5.39 Å². The second kappa shape index (κ2) is 11.9. The van der Waals surface area contributed by atoms with Crippen LogP contribution in [0.15, 0.2) is 48.5 Å². The van der Waals surface area contributed by atoms with E-state index in [9.17, 15) is 24.3 Å². The summed E-state index contributed by atoms with van der Waals surface area (Å²) >= 11 is 6.17. The summed E-state index contributed by atoms with van der Waals surface area (Å²) in [5, 5.41) is 13.5. The lowest BCUT2D eigenvalue weighted by atomic mass is 9.98. The molecule has 0 aliphatic carbocycles. The number of ether oxygens (including phenoxy) is 1. The zero-order chi connectivity index (χ0) is 27.3. The highest BCUT2D eigenvalue weighted by atomic mass is 35.5. The number of carboxylic acid groups (broad SMARTS) is 1. The van der Waals surface area contributed by atoms with Crippen LogP contribution in [0.5, 0.6) is 0 Å². The highest BCUT2D eigenvalue weighted by Crippen LogP contribution is 2.37. The van der Waals surface area contributed by atoms with Crippen molar-refractivity contribution >= 4 is 46.4 Å². The van der Waals surface area contributed by atoms with Gasteiger partial charge in [-0.2, -0.15) is 0 Å². The second-order valence-corrected chi connectivity index (χ2v) is 9.37. The minimum atomic E-state index is -1.46. The zero-order valence-corrected chi connectivity index (χ0v) is 21.9. The molecule has 1 heterocycles. The van der Waals surface area contributed by atoms with E-state index in [2.05, 4.69) is 5.32 Å². The molecule has 0 aliphatic heterocycles. The molecule has 3 rings (SSSR count). The van der Waals surface area contributed by atoms with Gasteiger partial charge >= 0.3 is 12.1 Å². The Morgan fingerprint density at radius 2 is 1.78 bits per heavy atom. The van der Waals surface area contributed by atoms with Gasteiger partial charge in [0.15, 0.2) is 0 Å². The molecule has 10 heteroatoms. The molecule has 0 fully saturated rings. The minimum absolute atomic E-state index is 0.0204. The molecule has 196 valence electrons. The van der Waals surface area contributed by atoms with E-state index in [1.165, 1.54) is 24.0 Å². The molecule has 1 unspecified atom stereocenters. The summed E-state index contributed by atoms with van der Waals surface area (Å²) in [7, 11) is 0. The highest BCUT2D eigenvalue weighted by molar-refractivity contribution is 6.31. The molecule has 2 amide bonds. The lowest BCUT2D eigenvalue weighted by molar-refractivity contribution is -0.139. The lowest BCUT2D eigenvalue weighted by Gasteiger charge is -2.32. The molecule has 3 aromatic rings. The van der Waals surface area contributed by atoms with Crippen LogP contribution in [-0.2, 0) is 20.9 Å². The average molecular weight is 528 g/mol. The first-order chi connectivity index (χ1) is 17.6. The molecule has 0 saturated carbocycles. The summed E-state index contributed by atoms with van der Waals surface area (Å²) < 4.78 is 5.97. The highest BCUT2D eigenvalue weighted by Gasteiger charge is 2.39. The third-order valence-electron chi connectivity index (χ3n) is 5.74. The normalized spacial score (nSPS) is 11.8. The smallest absolute Gasteiger partial charge is 0.416 e. The van der Waals surface area contributed by atoms with Gasteiger partial charge in [0.05, 0.1) is 12.1 Å². The van der Waals surface area contributed by atoms with Crippen LogP contribution in [-0.4, -0.2) is 51.6 Å². The molecule has 0 aliphatic rings. The number of nitrogens with zero attached hydrogens (tertiary/aromatic N) is 2. The molecule has 2 aromatic carbocycles. The van der Waals surface area contributed by atoms with E-state index in [0.717, 1.165) is 10.1 Å². The predicted molar refractivity (Wildman–Crippen MR) is 140 cm³/mol. The number of benzene rings is 2. The number of halogens is 1. The van der Waals surface area contributed by atoms with Crippen LogP contribution in [0.3, 0.4) is 0 Å². The standard InChI is InChI=1S/C27H30ClN3O6/c1-5-37-26(34)24-22(20-12-11-19(28)13-21(20)31(24)27(35)36)23(30(17(4)32)15-16(2)3)25(33)29-14-18-9-7-6-8-10-18/h6-13,16,23H,5,14-15H2,1-4H3,(H,29,33)(H,35,36). The van der Waals surface area contributed by atoms with Crippen molar-refractivity contribution in [3.63, 3.8) is 0 Å². The van der Waals surface area contributed by atoms with Gasteiger partial charge in [0.25, 0.3) is 0 Å². The Bertz CT molecular complexity index is 1320. The van der Waals surface area contributed by atoms with Gasteiger partial charge in [0.1, 0.15) is 11.7 Å². The van der Waals surface area contributed by atoms with Crippen molar-refractivity contribution < 1.29 is 29.0 Å². The van der Waals surface area contributed by atoms with E-state index in [4.69, 9.17) is 16.3 Å². The number of hydrogen-bond donors (Lipinski definition) is 2. The van der Waals surface area contributed by atoms with E-state index in [1.807, 2.05) is 44.2 Å². The number of rotatable bonds is 9. The number of fused-ring (bicyclic) bond motifs is 1. The second-order valence-electron chi connectivity index (χ2n) is 8.93. The Labute approximate surface area is 220 Å². The molecular formula is C27H30ClN3O6. The van der Waals surface area contributed by atoms with Crippen molar-refractivity contribution in [2.45, 2.75) is 40.3 Å². The SMILES string of the molecule is CCOC(=O)c1c(C(C(=O)NCc2ccccc2)N(CC(C)C)C(C)=O)c2ccc(Cl)cc2n1C(=O)O. The van der Waals surface area contributed by atoms with Gasteiger partial charge in [-0.15, -0.1) is 0 Å². The van der Waals surface area contributed by atoms with Crippen LogP contribution in [0.1, 0.15) is 55.4 Å². The van der Waals surface area contributed by atoms with E-state index in [1.54, 1.807) is 13.0 Å². The Morgan fingerprint density at radius 1 is 1.11 bits per heavy atom. The summed E-state index contributed by atoms with van der Waals surface area (Å²) in [6.07, 6.45) is -1.46. The fourth-order valence-electron chi connectivity index (χ4n) is 4.28. The van der Waals surface area contributed by atoms with E-state index < -0.39 is 29.9 Å². The summed E-state index contributed by atoms with van der Waals surface area (Å²) in [6, 6.07) is 12.4. The molecule has 37 heavy (non-hydrogen) atoms. The molecule has 0 radical (unpaired) electrons. The lowest BCUT2D eigenvalue weighted by Crippen LogP contribution is -2.45. The van der Waals surface area contributed by atoms with Crippen molar-refractivity contribution in [3.05, 3.63) is 70.4 Å². The summed E-state index contributed by atoms with van der Waals surface area (Å²) in [4.78, 5) is 53.7. The summed E-state index contributed by atoms with van der Waals surface area (Å²) in [5.74, 6) is -1.93. The van der Waals surface area contributed by atoms with Gasteiger partial charge in [-0.05, 0) is 30.5 Å². The Hall–Kier alpha value is -3.85. The van der Waals surface area contributed by atoms with Crippen LogP contribution in [0.2, 0.25) is 5.02 Å².